The summed E-state index contributed by atoms with van der Waals surface area (Å²) in [5.41, 5.74) is 3.58. The van der Waals surface area contributed by atoms with Crippen molar-refractivity contribution in [1.82, 2.24) is 10.3 Å². The number of hydrogen-bond acceptors (Lipinski definition) is 4. The molecule has 2 aromatic rings. The first-order valence-corrected chi connectivity index (χ1v) is 6.76. The summed E-state index contributed by atoms with van der Waals surface area (Å²) in [6.45, 7) is 2.09. The molecule has 0 atom stereocenters. The van der Waals surface area contributed by atoms with Crippen LogP contribution in [0.3, 0.4) is 0 Å². The Morgan fingerprint density at radius 3 is 2.85 bits per heavy atom. The minimum Gasteiger partial charge on any atom is -0.478 e. The lowest BCUT2D eigenvalue weighted by atomic mass is 10.1. The number of aromatic nitrogens is 1. The maximum atomic E-state index is 11.7. The third-order valence-corrected chi connectivity index (χ3v) is 3.20. The van der Waals surface area contributed by atoms with Gasteiger partial charge in [0.15, 0.2) is 0 Å². The van der Waals surface area contributed by atoms with Crippen LogP contribution in [0.2, 0.25) is 0 Å². The van der Waals surface area contributed by atoms with Gasteiger partial charge in [0, 0.05) is 5.38 Å². The van der Waals surface area contributed by atoms with Gasteiger partial charge in [-0.3, -0.25) is 0 Å². The second-order valence-corrected chi connectivity index (χ2v) is 4.86. The first-order chi connectivity index (χ1) is 9.56. The molecule has 6 nitrogen and oxygen atoms in total. The fraction of sp³-hybridized carbons (Fsp3) is 0.154. The smallest absolute Gasteiger partial charge is 0.337 e. The maximum Gasteiger partial charge on any atom is 0.337 e. The maximum absolute atomic E-state index is 11.7. The predicted molar refractivity (Wildman–Crippen MR) is 76.1 cm³/mol. The van der Waals surface area contributed by atoms with Crippen molar-refractivity contribution >= 4 is 29.0 Å². The summed E-state index contributed by atoms with van der Waals surface area (Å²) in [6.07, 6.45) is 0. The Hall–Kier alpha value is -2.41. The summed E-state index contributed by atoms with van der Waals surface area (Å²) in [5, 5.41) is 16.1. The molecule has 0 saturated heterocycles. The van der Waals surface area contributed by atoms with Crippen molar-refractivity contribution in [2.75, 3.05) is 5.32 Å². The molecule has 0 unspecified atom stereocenters. The number of aryl methyl sites for hydroxylation is 1. The molecule has 3 N–H and O–H groups in total. The second kappa shape index (κ2) is 6.16. The van der Waals surface area contributed by atoms with Crippen LogP contribution in [-0.4, -0.2) is 22.1 Å². The van der Waals surface area contributed by atoms with Crippen LogP contribution in [0.5, 0.6) is 0 Å². The van der Waals surface area contributed by atoms with E-state index in [0.717, 1.165) is 11.3 Å². The Bertz CT molecular complexity index is 626. The summed E-state index contributed by atoms with van der Waals surface area (Å²) >= 11 is 1.44. The molecular formula is C13H13N3O3S. The average molecular weight is 291 g/mol. The number of urea groups is 1. The standard InChI is InChI=1S/C13H13N3O3S/c1-8-2-3-11(10(4-8)12(17)18)16-13(19)14-5-9-6-20-7-15-9/h2-4,6-7H,5H2,1H3,(H,17,18)(H2,14,16,19). The van der Waals surface area contributed by atoms with Crippen LogP contribution in [0.4, 0.5) is 10.5 Å². The number of aromatic carboxylic acids is 1. The summed E-state index contributed by atoms with van der Waals surface area (Å²) in [5.74, 6) is -1.08. The molecule has 1 aromatic heterocycles. The molecule has 20 heavy (non-hydrogen) atoms. The lowest BCUT2D eigenvalue weighted by Crippen LogP contribution is -2.29. The van der Waals surface area contributed by atoms with E-state index in [0.29, 0.717) is 6.54 Å². The molecule has 0 spiro atoms. The number of anilines is 1. The highest BCUT2D eigenvalue weighted by atomic mass is 32.1. The van der Waals surface area contributed by atoms with Gasteiger partial charge in [-0.15, -0.1) is 11.3 Å². The van der Waals surface area contributed by atoms with Gasteiger partial charge in [0.1, 0.15) is 0 Å². The molecule has 0 bridgehead atoms. The van der Waals surface area contributed by atoms with Crippen molar-refractivity contribution in [2.45, 2.75) is 13.5 Å². The number of carbonyl (C=O) groups is 2. The van der Waals surface area contributed by atoms with Crippen molar-refractivity contribution in [2.24, 2.45) is 0 Å². The molecule has 0 fully saturated rings. The highest BCUT2D eigenvalue weighted by Crippen LogP contribution is 2.17. The molecule has 1 aromatic carbocycles. The van der Waals surface area contributed by atoms with Crippen LogP contribution in [0.1, 0.15) is 21.6 Å². The summed E-state index contributed by atoms with van der Waals surface area (Å²) in [4.78, 5) is 26.9. The SMILES string of the molecule is Cc1ccc(NC(=O)NCc2cscn2)c(C(=O)O)c1. The van der Waals surface area contributed by atoms with Gasteiger partial charge in [-0.2, -0.15) is 0 Å². The van der Waals surface area contributed by atoms with Crippen LogP contribution in [-0.2, 0) is 6.54 Å². The number of hydrogen-bond donors (Lipinski definition) is 3. The fourth-order valence-electron chi connectivity index (χ4n) is 1.61. The molecule has 0 radical (unpaired) electrons. The van der Waals surface area contributed by atoms with E-state index >= 15 is 0 Å². The number of rotatable bonds is 4. The molecule has 104 valence electrons. The Kier molecular flexibility index (Phi) is 4.31. The lowest BCUT2D eigenvalue weighted by molar-refractivity contribution is 0.0698. The summed E-state index contributed by atoms with van der Waals surface area (Å²) in [7, 11) is 0. The minimum absolute atomic E-state index is 0.0637. The number of carbonyl (C=O) groups excluding carboxylic acids is 1. The van der Waals surface area contributed by atoms with E-state index in [1.165, 1.54) is 17.4 Å². The summed E-state index contributed by atoms with van der Waals surface area (Å²) in [6, 6.07) is 4.35. The number of carboxylic acids is 1. The number of carboxylic acid groups (broad SMARTS) is 1. The normalized spacial score (nSPS) is 10.1. The van der Waals surface area contributed by atoms with Crippen LogP contribution >= 0.6 is 11.3 Å². The quantitative estimate of drug-likeness (QED) is 0.807. The molecule has 2 amide bonds. The second-order valence-electron chi connectivity index (χ2n) is 4.14. The third-order valence-electron chi connectivity index (χ3n) is 2.57. The van der Waals surface area contributed by atoms with Crippen molar-refractivity contribution in [1.29, 1.82) is 0 Å². The zero-order valence-corrected chi connectivity index (χ0v) is 11.5. The number of amides is 2. The average Bonchev–Trinajstić information content (AvgIpc) is 2.91. The van der Waals surface area contributed by atoms with Crippen molar-refractivity contribution in [3.05, 3.63) is 45.9 Å². The van der Waals surface area contributed by atoms with E-state index < -0.39 is 12.0 Å². The Labute approximate surface area is 119 Å². The fourth-order valence-corrected chi connectivity index (χ4v) is 2.16. The molecule has 1 heterocycles. The predicted octanol–water partition coefficient (Wildman–Crippen LogP) is 2.47. The Morgan fingerprint density at radius 1 is 1.40 bits per heavy atom. The number of thiazole rings is 1. The van der Waals surface area contributed by atoms with Crippen molar-refractivity contribution in [3.8, 4) is 0 Å². The van der Waals surface area contributed by atoms with E-state index in [1.807, 2.05) is 5.38 Å². The molecule has 0 aliphatic rings. The molecule has 0 saturated carbocycles. The van der Waals surface area contributed by atoms with Crippen molar-refractivity contribution < 1.29 is 14.7 Å². The number of benzene rings is 1. The highest BCUT2D eigenvalue weighted by molar-refractivity contribution is 7.07. The Morgan fingerprint density at radius 2 is 2.20 bits per heavy atom. The monoisotopic (exact) mass is 291 g/mol. The van der Waals surface area contributed by atoms with Gasteiger partial charge in [-0.05, 0) is 19.1 Å². The number of nitrogens with zero attached hydrogens (tertiary/aromatic N) is 1. The zero-order valence-electron chi connectivity index (χ0n) is 10.7. The van der Waals surface area contributed by atoms with Gasteiger partial charge < -0.3 is 15.7 Å². The van der Waals surface area contributed by atoms with Gasteiger partial charge >= 0.3 is 12.0 Å². The lowest BCUT2D eigenvalue weighted by Gasteiger charge is -2.10. The first kappa shape index (κ1) is 14.0. The van der Waals surface area contributed by atoms with E-state index in [1.54, 1.807) is 24.6 Å². The summed E-state index contributed by atoms with van der Waals surface area (Å²) < 4.78 is 0. The third kappa shape index (κ3) is 3.55. The van der Waals surface area contributed by atoms with E-state index in [9.17, 15) is 9.59 Å². The molecule has 7 heteroatoms. The largest absolute Gasteiger partial charge is 0.478 e. The molecular weight excluding hydrogens is 278 g/mol. The number of nitrogens with one attached hydrogen (secondary N) is 2. The van der Waals surface area contributed by atoms with Crippen LogP contribution in [0.15, 0.2) is 29.1 Å². The minimum atomic E-state index is -1.08. The first-order valence-electron chi connectivity index (χ1n) is 5.82. The highest BCUT2D eigenvalue weighted by Gasteiger charge is 2.12. The molecule has 0 aliphatic carbocycles. The zero-order chi connectivity index (χ0) is 14.5. The van der Waals surface area contributed by atoms with E-state index in [4.69, 9.17) is 5.11 Å². The van der Waals surface area contributed by atoms with Crippen LogP contribution < -0.4 is 10.6 Å². The molecule has 0 aliphatic heterocycles. The van der Waals surface area contributed by atoms with Gasteiger partial charge in [-0.25, -0.2) is 14.6 Å². The van der Waals surface area contributed by atoms with Crippen LogP contribution in [0, 0.1) is 6.92 Å². The molecule has 2 rings (SSSR count). The van der Waals surface area contributed by atoms with Crippen LogP contribution in [0.25, 0.3) is 0 Å². The van der Waals surface area contributed by atoms with Gasteiger partial charge in [-0.1, -0.05) is 11.6 Å². The van der Waals surface area contributed by atoms with Gasteiger partial charge in [0.05, 0.1) is 29.0 Å². The van der Waals surface area contributed by atoms with E-state index in [-0.39, 0.29) is 11.3 Å². The Balaban J connectivity index is 2.02. The topological polar surface area (TPSA) is 91.3 Å². The van der Waals surface area contributed by atoms with E-state index in [2.05, 4.69) is 15.6 Å². The van der Waals surface area contributed by atoms with Gasteiger partial charge in [0.25, 0.3) is 0 Å². The van der Waals surface area contributed by atoms with Gasteiger partial charge in [0.2, 0.25) is 0 Å². The van der Waals surface area contributed by atoms with Crippen molar-refractivity contribution in [3.63, 3.8) is 0 Å².